The van der Waals surface area contributed by atoms with Gasteiger partial charge in [-0.05, 0) is 28.8 Å². The summed E-state index contributed by atoms with van der Waals surface area (Å²) in [7, 11) is 0. The van der Waals surface area contributed by atoms with Crippen LogP contribution in [0.1, 0.15) is 16.7 Å². The number of nitro groups is 1. The molecule has 3 heteroatoms. The molecule has 0 saturated heterocycles. The fourth-order valence-electron chi connectivity index (χ4n) is 1.64. The van der Waals surface area contributed by atoms with Gasteiger partial charge in [-0.25, -0.2) is 0 Å². The summed E-state index contributed by atoms with van der Waals surface area (Å²) >= 11 is 0. The second-order valence-electron chi connectivity index (χ2n) is 4.05. The van der Waals surface area contributed by atoms with E-state index in [0.717, 1.165) is 16.7 Å². The second-order valence-corrected chi connectivity index (χ2v) is 4.05. The van der Waals surface area contributed by atoms with Gasteiger partial charge >= 0.3 is 0 Å². The number of benzene rings is 2. The zero-order chi connectivity index (χ0) is 13.7. The number of non-ortho nitro benzene ring substituents is 1. The Kier molecular flexibility index (Phi) is 3.88. The van der Waals surface area contributed by atoms with Gasteiger partial charge in [0.2, 0.25) is 0 Å². The lowest BCUT2D eigenvalue weighted by Crippen LogP contribution is -1.86. The minimum atomic E-state index is -0.401. The molecule has 0 saturated carbocycles. The molecule has 0 atom stereocenters. The first kappa shape index (κ1) is 12.8. The van der Waals surface area contributed by atoms with Gasteiger partial charge in [0, 0.05) is 12.1 Å². The molecule has 0 heterocycles. The van der Waals surface area contributed by atoms with Crippen LogP contribution in [0.2, 0.25) is 0 Å². The average Bonchev–Trinajstić information content (AvgIpc) is 2.46. The van der Waals surface area contributed by atoms with Crippen molar-refractivity contribution >= 4 is 23.9 Å². The summed E-state index contributed by atoms with van der Waals surface area (Å²) in [4.78, 5) is 10.1. The quantitative estimate of drug-likeness (QED) is 0.459. The monoisotopic (exact) mass is 251 g/mol. The van der Waals surface area contributed by atoms with E-state index in [4.69, 9.17) is 0 Å². The molecule has 0 radical (unpaired) electrons. The van der Waals surface area contributed by atoms with Gasteiger partial charge in [0.05, 0.1) is 4.92 Å². The zero-order valence-corrected chi connectivity index (χ0v) is 10.3. The summed E-state index contributed by atoms with van der Waals surface area (Å²) in [5.74, 6) is 0. The van der Waals surface area contributed by atoms with Crippen LogP contribution in [0.4, 0.5) is 5.69 Å². The second kappa shape index (κ2) is 5.78. The summed E-state index contributed by atoms with van der Waals surface area (Å²) < 4.78 is 0. The maximum Gasteiger partial charge on any atom is 0.269 e. The van der Waals surface area contributed by atoms with Crippen molar-refractivity contribution in [2.45, 2.75) is 0 Å². The highest BCUT2D eigenvalue weighted by molar-refractivity contribution is 5.70. The van der Waals surface area contributed by atoms with Crippen molar-refractivity contribution in [1.29, 1.82) is 0 Å². The van der Waals surface area contributed by atoms with Gasteiger partial charge in [-0.2, -0.15) is 0 Å². The summed E-state index contributed by atoms with van der Waals surface area (Å²) in [5.41, 5.74) is 3.18. The fourth-order valence-corrected chi connectivity index (χ4v) is 1.64. The third kappa shape index (κ3) is 3.39. The molecule has 3 nitrogen and oxygen atoms in total. The van der Waals surface area contributed by atoms with Crippen LogP contribution >= 0.6 is 0 Å². The van der Waals surface area contributed by atoms with Crippen LogP contribution in [0.3, 0.4) is 0 Å². The number of nitrogens with zero attached hydrogens (tertiary/aromatic N) is 1. The van der Waals surface area contributed by atoms with E-state index in [1.54, 1.807) is 18.2 Å². The van der Waals surface area contributed by atoms with Crippen molar-refractivity contribution in [3.05, 3.63) is 81.9 Å². The Hall–Kier alpha value is -2.68. The SMILES string of the molecule is C=Cc1ccc(C=Cc2ccc([N+](=O)[O-])cc2)cc1. The minimum absolute atomic E-state index is 0.104. The average molecular weight is 251 g/mol. The third-order valence-electron chi connectivity index (χ3n) is 2.74. The molecule has 0 aromatic heterocycles. The summed E-state index contributed by atoms with van der Waals surface area (Å²) in [6, 6.07) is 14.4. The molecule has 94 valence electrons. The molecular weight excluding hydrogens is 238 g/mol. The van der Waals surface area contributed by atoms with Crippen molar-refractivity contribution in [1.82, 2.24) is 0 Å². The molecule has 0 aliphatic heterocycles. The Morgan fingerprint density at radius 1 is 0.842 bits per heavy atom. The van der Waals surface area contributed by atoms with Crippen LogP contribution in [-0.2, 0) is 0 Å². The zero-order valence-electron chi connectivity index (χ0n) is 10.3. The van der Waals surface area contributed by atoms with Gasteiger partial charge in [-0.3, -0.25) is 10.1 Å². The van der Waals surface area contributed by atoms with Crippen LogP contribution < -0.4 is 0 Å². The molecule has 2 rings (SSSR count). The third-order valence-corrected chi connectivity index (χ3v) is 2.74. The first-order valence-electron chi connectivity index (χ1n) is 5.84. The molecule has 0 bridgehead atoms. The number of rotatable bonds is 4. The number of hydrogen-bond acceptors (Lipinski definition) is 2. The topological polar surface area (TPSA) is 43.1 Å². The Bertz CT molecular complexity index is 610. The smallest absolute Gasteiger partial charge is 0.258 e. The van der Waals surface area contributed by atoms with Gasteiger partial charge in [-0.1, -0.05) is 49.1 Å². The fraction of sp³-hybridized carbons (Fsp3) is 0. The van der Waals surface area contributed by atoms with Crippen molar-refractivity contribution in [2.24, 2.45) is 0 Å². The first-order chi connectivity index (χ1) is 9.19. The molecule has 2 aromatic rings. The highest BCUT2D eigenvalue weighted by Gasteiger charge is 2.01. The highest BCUT2D eigenvalue weighted by Crippen LogP contribution is 2.14. The van der Waals surface area contributed by atoms with E-state index < -0.39 is 4.92 Å². The highest BCUT2D eigenvalue weighted by atomic mass is 16.6. The van der Waals surface area contributed by atoms with Crippen molar-refractivity contribution in [3.8, 4) is 0 Å². The minimum Gasteiger partial charge on any atom is -0.258 e. The van der Waals surface area contributed by atoms with E-state index in [1.165, 1.54) is 12.1 Å². The molecule has 19 heavy (non-hydrogen) atoms. The largest absolute Gasteiger partial charge is 0.269 e. The van der Waals surface area contributed by atoms with Crippen LogP contribution in [0.5, 0.6) is 0 Å². The molecule has 0 unspecified atom stereocenters. The van der Waals surface area contributed by atoms with E-state index in [2.05, 4.69) is 6.58 Å². The van der Waals surface area contributed by atoms with Gasteiger partial charge in [0.15, 0.2) is 0 Å². The van der Waals surface area contributed by atoms with Gasteiger partial charge in [0.1, 0.15) is 0 Å². The number of nitro benzene ring substituents is 1. The first-order valence-corrected chi connectivity index (χ1v) is 5.84. The molecule has 2 aromatic carbocycles. The van der Waals surface area contributed by atoms with Crippen LogP contribution in [0.15, 0.2) is 55.1 Å². The van der Waals surface area contributed by atoms with E-state index in [9.17, 15) is 10.1 Å². The van der Waals surface area contributed by atoms with E-state index in [1.807, 2.05) is 36.4 Å². The predicted molar refractivity (Wildman–Crippen MR) is 78.6 cm³/mol. The standard InChI is InChI=1S/C16H13NO2/c1-2-13-3-5-14(6-4-13)7-8-15-9-11-16(12-10-15)17(18)19/h2-12H,1H2. The van der Waals surface area contributed by atoms with E-state index in [-0.39, 0.29) is 5.69 Å². The maximum absolute atomic E-state index is 10.5. The van der Waals surface area contributed by atoms with Crippen molar-refractivity contribution in [3.63, 3.8) is 0 Å². The molecule has 0 N–H and O–H groups in total. The molecule has 0 fully saturated rings. The lowest BCUT2D eigenvalue weighted by atomic mass is 10.1. The Morgan fingerprint density at radius 3 is 1.68 bits per heavy atom. The Balaban J connectivity index is 2.12. The lowest BCUT2D eigenvalue weighted by Gasteiger charge is -1.96. The summed E-state index contributed by atoms with van der Waals surface area (Å²) in [5, 5.41) is 10.5. The lowest BCUT2D eigenvalue weighted by molar-refractivity contribution is -0.384. The van der Waals surface area contributed by atoms with E-state index >= 15 is 0 Å². The maximum atomic E-state index is 10.5. The molecule has 0 aliphatic carbocycles. The predicted octanol–water partition coefficient (Wildman–Crippen LogP) is 4.41. The van der Waals surface area contributed by atoms with Gasteiger partial charge in [0.25, 0.3) is 5.69 Å². The molecule has 0 aliphatic rings. The van der Waals surface area contributed by atoms with Crippen LogP contribution in [-0.4, -0.2) is 4.92 Å². The number of hydrogen-bond donors (Lipinski definition) is 0. The summed E-state index contributed by atoms with van der Waals surface area (Å²) in [6.07, 6.45) is 5.69. The van der Waals surface area contributed by atoms with Gasteiger partial charge in [-0.15, -0.1) is 0 Å². The molecule has 0 amide bonds. The van der Waals surface area contributed by atoms with Gasteiger partial charge < -0.3 is 0 Å². The molecular formula is C16H13NO2. The Morgan fingerprint density at radius 2 is 1.26 bits per heavy atom. The van der Waals surface area contributed by atoms with Crippen LogP contribution in [0.25, 0.3) is 18.2 Å². The normalized spacial score (nSPS) is 10.5. The van der Waals surface area contributed by atoms with Crippen molar-refractivity contribution < 1.29 is 4.92 Å². The Labute approximate surface area is 111 Å². The van der Waals surface area contributed by atoms with Crippen LogP contribution in [0, 0.1) is 10.1 Å². The molecule has 0 spiro atoms. The van der Waals surface area contributed by atoms with Crippen molar-refractivity contribution in [2.75, 3.05) is 0 Å². The summed E-state index contributed by atoms with van der Waals surface area (Å²) in [6.45, 7) is 3.70. The van der Waals surface area contributed by atoms with E-state index in [0.29, 0.717) is 0 Å².